The van der Waals surface area contributed by atoms with Gasteiger partial charge in [0.2, 0.25) is 5.91 Å². The first kappa shape index (κ1) is 19.0. The van der Waals surface area contributed by atoms with Crippen LogP contribution >= 0.6 is 0 Å². The van der Waals surface area contributed by atoms with Crippen molar-refractivity contribution in [1.82, 2.24) is 15.0 Å². The fourth-order valence-electron chi connectivity index (χ4n) is 2.65. The number of nitrogens with zero attached hydrogens (tertiary/aromatic N) is 3. The number of para-hydroxylation sites is 1. The summed E-state index contributed by atoms with van der Waals surface area (Å²) >= 11 is 0. The van der Waals surface area contributed by atoms with Crippen LogP contribution in [-0.4, -0.2) is 26.8 Å². The quantitative estimate of drug-likeness (QED) is 0.627. The fraction of sp³-hybridized carbons (Fsp3) is 0.158. The van der Waals surface area contributed by atoms with E-state index in [2.05, 4.69) is 20.9 Å². The van der Waals surface area contributed by atoms with Gasteiger partial charge < -0.3 is 16.4 Å². The Morgan fingerprint density at radius 3 is 2.36 bits per heavy atom. The average molecular weight is 382 g/mol. The summed E-state index contributed by atoms with van der Waals surface area (Å²) in [7, 11) is 0. The molecule has 0 unspecified atom stereocenters. The molecule has 4 N–H and O–H groups in total. The number of carbonyl (C=O) groups excluding carboxylic acids is 2. The van der Waals surface area contributed by atoms with Crippen molar-refractivity contribution < 1.29 is 14.0 Å². The van der Waals surface area contributed by atoms with Crippen LogP contribution in [0.25, 0.3) is 0 Å². The number of amides is 2. The van der Waals surface area contributed by atoms with Crippen molar-refractivity contribution in [2.24, 2.45) is 0 Å². The van der Waals surface area contributed by atoms with Crippen LogP contribution in [0.3, 0.4) is 0 Å². The van der Waals surface area contributed by atoms with Crippen molar-refractivity contribution in [3.05, 3.63) is 65.1 Å². The minimum Gasteiger partial charge on any atom is -0.382 e. The molecule has 1 heterocycles. The number of benzene rings is 2. The molecule has 9 heteroatoms. The van der Waals surface area contributed by atoms with Gasteiger partial charge in [0.25, 0.3) is 5.91 Å². The average Bonchev–Trinajstić information content (AvgIpc) is 3.01. The number of aryl methyl sites for hydroxylation is 2. The van der Waals surface area contributed by atoms with E-state index in [1.54, 1.807) is 0 Å². The van der Waals surface area contributed by atoms with Crippen LogP contribution in [0.2, 0.25) is 0 Å². The Morgan fingerprint density at radius 2 is 1.71 bits per heavy atom. The van der Waals surface area contributed by atoms with Crippen molar-refractivity contribution in [3.63, 3.8) is 0 Å². The Hall–Kier alpha value is -3.75. The van der Waals surface area contributed by atoms with Crippen molar-refractivity contribution in [3.8, 4) is 0 Å². The summed E-state index contributed by atoms with van der Waals surface area (Å²) < 4.78 is 14.1. The molecule has 3 aromatic rings. The highest BCUT2D eigenvalue weighted by Gasteiger charge is 2.19. The van der Waals surface area contributed by atoms with Crippen molar-refractivity contribution >= 4 is 29.0 Å². The molecule has 2 amide bonds. The first-order chi connectivity index (χ1) is 13.3. The molecule has 0 spiro atoms. The number of nitrogen functional groups attached to an aromatic ring is 1. The molecule has 0 radical (unpaired) electrons. The smallest absolute Gasteiger partial charge is 0.280 e. The van der Waals surface area contributed by atoms with Gasteiger partial charge in [0.05, 0.1) is 0 Å². The number of carbonyl (C=O) groups is 2. The topological polar surface area (TPSA) is 115 Å². The zero-order valence-electron chi connectivity index (χ0n) is 15.4. The van der Waals surface area contributed by atoms with E-state index in [1.165, 1.54) is 24.3 Å². The third kappa shape index (κ3) is 4.14. The van der Waals surface area contributed by atoms with E-state index in [1.807, 2.05) is 32.0 Å². The highest BCUT2D eigenvalue weighted by Crippen LogP contribution is 2.19. The zero-order valence-corrected chi connectivity index (χ0v) is 15.4. The summed E-state index contributed by atoms with van der Waals surface area (Å²) in [5, 5.41) is 12.9. The second-order valence-electron chi connectivity index (χ2n) is 6.26. The molecule has 0 bridgehead atoms. The Kier molecular flexibility index (Phi) is 5.35. The SMILES string of the molecule is Cc1cccc(C)c1NC(=O)Cn1nnc(C(=O)Nc2ccc(F)cc2)c1N. The molecule has 2 aromatic carbocycles. The van der Waals surface area contributed by atoms with Gasteiger partial charge in [0, 0.05) is 11.4 Å². The summed E-state index contributed by atoms with van der Waals surface area (Å²) in [5.74, 6) is -1.42. The van der Waals surface area contributed by atoms with Gasteiger partial charge in [-0.15, -0.1) is 5.10 Å². The molecule has 3 rings (SSSR count). The monoisotopic (exact) mass is 382 g/mol. The zero-order chi connectivity index (χ0) is 20.3. The lowest BCUT2D eigenvalue weighted by atomic mass is 10.1. The molecular formula is C19H19FN6O2. The van der Waals surface area contributed by atoms with Crippen LogP contribution in [0.15, 0.2) is 42.5 Å². The largest absolute Gasteiger partial charge is 0.382 e. The lowest BCUT2D eigenvalue weighted by Crippen LogP contribution is -2.22. The molecule has 144 valence electrons. The first-order valence-electron chi connectivity index (χ1n) is 8.47. The van der Waals surface area contributed by atoms with Crippen LogP contribution in [0, 0.1) is 19.7 Å². The van der Waals surface area contributed by atoms with Crippen molar-refractivity contribution in [2.45, 2.75) is 20.4 Å². The lowest BCUT2D eigenvalue weighted by Gasteiger charge is -2.11. The highest BCUT2D eigenvalue weighted by atomic mass is 19.1. The van der Waals surface area contributed by atoms with E-state index in [4.69, 9.17) is 5.73 Å². The number of hydrogen-bond acceptors (Lipinski definition) is 5. The van der Waals surface area contributed by atoms with Gasteiger partial charge in [0.15, 0.2) is 11.5 Å². The van der Waals surface area contributed by atoms with E-state index in [0.717, 1.165) is 21.5 Å². The number of rotatable bonds is 5. The van der Waals surface area contributed by atoms with Gasteiger partial charge >= 0.3 is 0 Å². The lowest BCUT2D eigenvalue weighted by molar-refractivity contribution is -0.116. The standard InChI is InChI=1S/C19H19FN6O2/c1-11-4-3-5-12(2)16(11)23-15(27)10-26-18(21)17(24-25-26)19(28)22-14-8-6-13(20)7-9-14/h3-9H,10,21H2,1-2H3,(H,22,28)(H,23,27). The van der Waals surface area contributed by atoms with Gasteiger partial charge in [-0.2, -0.15) is 0 Å². The van der Waals surface area contributed by atoms with Crippen LogP contribution in [-0.2, 0) is 11.3 Å². The molecule has 1 aromatic heterocycles. The van der Waals surface area contributed by atoms with Gasteiger partial charge in [-0.05, 0) is 49.2 Å². The Morgan fingerprint density at radius 1 is 1.07 bits per heavy atom. The van der Waals surface area contributed by atoms with E-state index in [9.17, 15) is 14.0 Å². The van der Waals surface area contributed by atoms with Crippen LogP contribution in [0.4, 0.5) is 21.6 Å². The summed E-state index contributed by atoms with van der Waals surface area (Å²) in [6.07, 6.45) is 0. The van der Waals surface area contributed by atoms with Gasteiger partial charge in [-0.1, -0.05) is 23.4 Å². The molecular weight excluding hydrogens is 363 g/mol. The number of nitrogens with two attached hydrogens (primary N) is 1. The van der Waals surface area contributed by atoms with E-state index in [0.29, 0.717) is 5.69 Å². The Bertz CT molecular complexity index is 1010. The molecule has 0 fully saturated rings. The number of nitrogens with one attached hydrogen (secondary N) is 2. The molecule has 0 atom stereocenters. The predicted octanol–water partition coefficient (Wildman–Crippen LogP) is 2.51. The van der Waals surface area contributed by atoms with E-state index >= 15 is 0 Å². The van der Waals surface area contributed by atoms with Crippen LogP contribution < -0.4 is 16.4 Å². The highest BCUT2D eigenvalue weighted by molar-refractivity contribution is 6.05. The number of hydrogen-bond donors (Lipinski definition) is 3. The maximum absolute atomic E-state index is 12.9. The third-order valence-corrected chi connectivity index (χ3v) is 4.13. The van der Waals surface area contributed by atoms with Gasteiger partial charge in [-0.3, -0.25) is 9.59 Å². The number of aromatic nitrogens is 3. The molecule has 8 nitrogen and oxygen atoms in total. The molecule has 0 aliphatic rings. The normalized spacial score (nSPS) is 10.5. The maximum atomic E-state index is 12.9. The summed E-state index contributed by atoms with van der Waals surface area (Å²) in [4.78, 5) is 24.6. The molecule has 28 heavy (non-hydrogen) atoms. The van der Waals surface area contributed by atoms with E-state index in [-0.39, 0.29) is 24.0 Å². The predicted molar refractivity (Wildman–Crippen MR) is 103 cm³/mol. The molecule has 0 aliphatic heterocycles. The van der Waals surface area contributed by atoms with Crippen molar-refractivity contribution in [1.29, 1.82) is 0 Å². The summed E-state index contributed by atoms with van der Waals surface area (Å²) in [5.41, 5.74) is 8.76. The van der Waals surface area contributed by atoms with Gasteiger partial charge in [-0.25, -0.2) is 9.07 Å². The minimum absolute atomic E-state index is 0.0451. The molecule has 0 aliphatic carbocycles. The number of anilines is 3. The van der Waals surface area contributed by atoms with Crippen LogP contribution in [0.1, 0.15) is 21.6 Å². The number of halogens is 1. The van der Waals surface area contributed by atoms with Crippen molar-refractivity contribution in [2.75, 3.05) is 16.4 Å². The molecule has 0 saturated carbocycles. The van der Waals surface area contributed by atoms with Crippen LogP contribution in [0.5, 0.6) is 0 Å². The minimum atomic E-state index is -0.606. The second kappa shape index (κ2) is 7.87. The summed E-state index contributed by atoms with van der Waals surface area (Å²) in [6.45, 7) is 3.59. The Labute approximate surface area is 160 Å². The molecule has 0 saturated heterocycles. The fourth-order valence-corrected chi connectivity index (χ4v) is 2.65. The van der Waals surface area contributed by atoms with E-state index < -0.39 is 11.7 Å². The summed E-state index contributed by atoms with van der Waals surface area (Å²) in [6, 6.07) is 10.9. The Balaban J connectivity index is 1.69. The maximum Gasteiger partial charge on any atom is 0.280 e. The first-order valence-corrected chi connectivity index (χ1v) is 8.47. The second-order valence-corrected chi connectivity index (χ2v) is 6.26. The third-order valence-electron chi connectivity index (χ3n) is 4.13. The van der Waals surface area contributed by atoms with Gasteiger partial charge in [0.1, 0.15) is 12.4 Å².